The summed E-state index contributed by atoms with van der Waals surface area (Å²) < 4.78 is 0. The number of rotatable bonds is 3. The highest BCUT2D eigenvalue weighted by Gasteiger charge is 2.44. The molecule has 0 aromatic heterocycles. The first-order valence-electron chi connectivity index (χ1n) is 6.31. The average Bonchev–Trinajstić information content (AvgIpc) is 2.43. The number of aliphatic hydroxyl groups is 1. The summed E-state index contributed by atoms with van der Waals surface area (Å²) in [4.78, 5) is 2.39. The van der Waals surface area contributed by atoms with E-state index in [-0.39, 0.29) is 0 Å². The van der Waals surface area contributed by atoms with Crippen molar-refractivity contribution in [3.63, 3.8) is 0 Å². The minimum Gasteiger partial charge on any atom is -0.388 e. The van der Waals surface area contributed by atoms with E-state index in [1.165, 1.54) is 0 Å². The molecule has 0 aliphatic carbocycles. The molecule has 1 N–H and O–H groups in total. The lowest BCUT2D eigenvalue weighted by atomic mass is 9.72. The fourth-order valence-corrected chi connectivity index (χ4v) is 2.44. The van der Waals surface area contributed by atoms with Gasteiger partial charge in [0.2, 0.25) is 0 Å². The van der Waals surface area contributed by atoms with E-state index >= 15 is 0 Å². The third-order valence-electron chi connectivity index (χ3n) is 3.89. The van der Waals surface area contributed by atoms with Gasteiger partial charge in [-0.2, -0.15) is 5.26 Å². The van der Waals surface area contributed by atoms with Crippen LogP contribution in [0.3, 0.4) is 0 Å². The molecule has 0 bridgehead atoms. The van der Waals surface area contributed by atoms with Crippen molar-refractivity contribution in [3.8, 4) is 6.07 Å². The van der Waals surface area contributed by atoms with E-state index in [0.29, 0.717) is 6.42 Å². The predicted molar refractivity (Wildman–Crippen MR) is 64.9 cm³/mol. The SMILES string of the molecule is CCCN1CCCC(O)(C(C)(C)C#N)CC1. The van der Waals surface area contributed by atoms with Crippen LogP contribution in [0.2, 0.25) is 0 Å². The van der Waals surface area contributed by atoms with Crippen molar-refractivity contribution in [2.75, 3.05) is 19.6 Å². The van der Waals surface area contributed by atoms with Crippen LogP contribution in [0.25, 0.3) is 0 Å². The Kier molecular flexibility index (Phi) is 4.35. The molecule has 1 saturated heterocycles. The Hall–Kier alpha value is -0.590. The molecule has 1 aliphatic rings. The Bertz CT molecular complexity index is 270. The van der Waals surface area contributed by atoms with Crippen LogP contribution in [0.4, 0.5) is 0 Å². The van der Waals surface area contributed by atoms with Crippen LogP contribution < -0.4 is 0 Å². The van der Waals surface area contributed by atoms with Crippen LogP contribution in [0.5, 0.6) is 0 Å². The third kappa shape index (κ3) is 2.75. The van der Waals surface area contributed by atoms with Crippen molar-refractivity contribution in [3.05, 3.63) is 0 Å². The Labute approximate surface area is 99.1 Å². The monoisotopic (exact) mass is 224 g/mol. The summed E-state index contributed by atoms with van der Waals surface area (Å²) in [6.45, 7) is 8.94. The van der Waals surface area contributed by atoms with E-state index in [0.717, 1.165) is 38.9 Å². The fraction of sp³-hybridized carbons (Fsp3) is 0.923. The molecule has 0 aromatic rings. The first-order valence-corrected chi connectivity index (χ1v) is 6.31. The Morgan fingerprint density at radius 2 is 2.06 bits per heavy atom. The number of hydrogen-bond acceptors (Lipinski definition) is 3. The standard InChI is InChI=1S/C13H24N2O/c1-4-8-15-9-5-6-13(16,7-10-15)12(2,3)11-14/h16H,4-10H2,1-3H3. The summed E-state index contributed by atoms with van der Waals surface area (Å²) in [5.41, 5.74) is -1.46. The molecule has 1 aliphatic heterocycles. The number of nitriles is 1. The molecule has 1 atom stereocenters. The topological polar surface area (TPSA) is 47.3 Å². The molecule has 0 spiro atoms. The van der Waals surface area contributed by atoms with E-state index in [1.807, 2.05) is 13.8 Å². The van der Waals surface area contributed by atoms with Crippen LogP contribution in [-0.4, -0.2) is 35.2 Å². The highest BCUT2D eigenvalue weighted by molar-refractivity contribution is 5.07. The van der Waals surface area contributed by atoms with Crippen molar-refractivity contribution in [2.24, 2.45) is 5.41 Å². The van der Waals surface area contributed by atoms with Gasteiger partial charge >= 0.3 is 0 Å². The summed E-state index contributed by atoms with van der Waals surface area (Å²) in [5.74, 6) is 0. The van der Waals surface area contributed by atoms with Gasteiger partial charge in [-0.15, -0.1) is 0 Å². The van der Waals surface area contributed by atoms with Gasteiger partial charge in [-0.1, -0.05) is 6.92 Å². The van der Waals surface area contributed by atoms with Crippen molar-refractivity contribution in [2.45, 2.75) is 52.1 Å². The molecule has 0 saturated carbocycles. The van der Waals surface area contributed by atoms with Gasteiger partial charge in [-0.25, -0.2) is 0 Å². The Balaban J connectivity index is 2.69. The van der Waals surface area contributed by atoms with Gasteiger partial charge in [0.05, 0.1) is 17.1 Å². The van der Waals surface area contributed by atoms with Crippen LogP contribution in [-0.2, 0) is 0 Å². The van der Waals surface area contributed by atoms with Crippen LogP contribution in [0.1, 0.15) is 46.5 Å². The lowest BCUT2D eigenvalue weighted by Gasteiger charge is -2.37. The second-order valence-electron chi connectivity index (χ2n) is 5.46. The maximum absolute atomic E-state index is 10.6. The summed E-state index contributed by atoms with van der Waals surface area (Å²) in [6.07, 6.45) is 3.60. The van der Waals surface area contributed by atoms with Crippen molar-refractivity contribution in [1.29, 1.82) is 5.26 Å². The summed E-state index contributed by atoms with van der Waals surface area (Å²) in [7, 11) is 0. The second kappa shape index (κ2) is 5.16. The molecule has 0 aromatic carbocycles. The zero-order valence-corrected chi connectivity index (χ0v) is 10.8. The molecule has 92 valence electrons. The number of nitrogens with zero attached hydrogens (tertiary/aromatic N) is 2. The summed E-state index contributed by atoms with van der Waals surface area (Å²) >= 11 is 0. The highest BCUT2D eigenvalue weighted by Crippen LogP contribution is 2.38. The number of likely N-dealkylation sites (tertiary alicyclic amines) is 1. The molecule has 3 nitrogen and oxygen atoms in total. The largest absolute Gasteiger partial charge is 0.388 e. The summed E-state index contributed by atoms with van der Waals surface area (Å²) in [5, 5.41) is 19.8. The maximum Gasteiger partial charge on any atom is 0.0840 e. The first kappa shape index (κ1) is 13.5. The van der Waals surface area contributed by atoms with Gasteiger partial charge in [0.1, 0.15) is 0 Å². The molecule has 1 heterocycles. The first-order chi connectivity index (χ1) is 7.45. The molecule has 16 heavy (non-hydrogen) atoms. The quantitative estimate of drug-likeness (QED) is 0.799. The molecule has 1 fully saturated rings. The minimum atomic E-state index is -0.815. The molecule has 3 heteroatoms. The van der Waals surface area contributed by atoms with E-state index in [1.54, 1.807) is 0 Å². The van der Waals surface area contributed by atoms with Gasteiger partial charge in [-0.05, 0) is 52.6 Å². The zero-order chi connectivity index (χ0) is 12.2. The minimum absolute atomic E-state index is 0.644. The van der Waals surface area contributed by atoms with Gasteiger partial charge in [0.15, 0.2) is 0 Å². The highest BCUT2D eigenvalue weighted by atomic mass is 16.3. The molecular formula is C13H24N2O. The van der Waals surface area contributed by atoms with E-state index in [2.05, 4.69) is 17.9 Å². The van der Waals surface area contributed by atoms with E-state index in [4.69, 9.17) is 5.26 Å². The third-order valence-corrected chi connectivity index (χ3v) is 3.89. The van der Waals surface area contributed by atoms with Crippen molar-refractivity contribution >= 4 is 0 Å². The lowest BCUT2D eigenvalue weighted by Crippen LogP contribution is -2.44. The molecule has 1 unspecified atom stereocenters. The normalized spacial score (nSPS) is 28.4. The summed E-state index contributed by atoms with van der Waals surface area (Å²) in [6, 6.07) is 2.26. The number of hydrogen-bond donors (Lipinski definition) is 1. The average molecular weight is 224 g/mol. The lowest BCUT2D eigenvalue weighted by molar-refractivity contribution is -0.0502. The second-order valence-corrected chi connectivity index (χ2v) is 5.46. The smallest absolute Gasteiger partial charge is 0.0840 e. The van der Waals surface area contributed by atoms with Crippen molar-refractivity contribution in [1.82, 2.24) is 4.90 Å². The molecule has 0 radical (unpaired) electrons. The fourth-order valence-electron chi connectivity index (χ4n) is 2.44. The van der Waals surface area contributed by atoms with E-state index in [9.17, 15) is 5.11 Å². The molecule has 0 amide bonds. The van der Waals surface area contributed by atoms with Crippen LogP contribution in [0.15, 0.2) is 0 Å². The van der Waals surface area contributed by atoms with Crippen molar-refractivity contribution < 1.29 is 5.11 Å². The molecular weight excluding hydrogens is 200 g/mol. The van der Waals surface area contributed by atoms with Gasteiger partial charge in [0.25, 0.3) is 0 Å². The Morgan fingerprint density at radius 1 is 1.38 bits per heavy atom. The van der Waals surface area contributed by atoms with Gasteiger partial charge in [-0.3, -0.25) is 0 Å². The van der Waals surface area contributed by atoms with Gasteiger partial charge in [0, 0.05) is 6.54 Å². The Morgan fingerprint density at radius 3 is 2.62 bits per heavy atom. The molecule has 1 rings (SSSR count). The maximum atomic E-state index is 10.6. The van der Waals surface area contributed by atoms with Crippen LogP contribution >= 0.6 is 0 Å². The van der Waals surface area contributed by atoms with Gasteiger partial charge < -0.3 is 10.0 Å². The van der Waals surface area contributed by atoms with E-state index < -0.39 is 11.0 Å². The zero-order valence-electron chi connectivity index (χ0n) is 10.8. The predicted octanol–water partition coefficient (Wildman–Crippen LogP) is 2.16. The van der Waals surface area contributed by atoms with Crippen LogP contribution in [0, 0.1) is 16.7 Å².